The number of hydrogen-bond acceptors (Lipinski definition) is 6. The van der Waals surface area contributed by atoms with Crippen molar-refractivity contribution in [1.29, 1.82) is 0 Å². The number of anilines is 3. The summed E-state index contributed by atoms with van der Waals surface area (Å²) in [5.41, 5.74) is 8.61. The molecule has 7 heteroatoms. The van der Waals surface area contributed by atoms with Crippen molar-refractivity contribution in [2.75, 3.05) is 11.1 Å². The van der Waals surface area contributed by atoms with Gasteiger partial charge in [0, 0.05) is 11.9 Å². The first kappa shape index (κ1) is 14.4. The van der Waals surface area contributed by atoms with E-state index in [1.165, 1.54) is 17.4 Å². The fourth-order valence-corrected chi connectivity index (χ4v) is 2.86. The summed E-state index contributed by atoms with van der Waals surface area (Å²) < 4.78 is 13.3. The van der Waals surface area contributed by atoms with Crippen molar-refractivity contribution in [3.63, 3.8) is 0 Å². The molecule has 0 aliphatic rings. The smallest absolute Gasteiger partial charge is 0.227 e. The quantitative estimate of drug-likeness (QED) is 0.771. The van der Waals surface area contributed by atoms with E-state index in [0.29, 0.717) is 16.6 Å². The zero-order valence-electron chi connectivity index (χ0n) is 12.1. The van der Waals surface area contributed by atoms with Gasteiger partial charge in [0.25, 0.3) is 0 Å². The van der Waals surface area contributed by atoms with Gasteiger partial charge >= 0.3 is 0 Å². The van der Waals surface area contributed by atoms with Crippen LogP contribution in [0.4, 0.5) is 21.2 Å². The van der Waals surface area contributed by atoms with Crippen LogP contribution in [0.25, 0.3) is 10.6 Å². The molecule has 0 bridgehead atoms. The van der Waals surface area contributed by atoms with Crippen molar-refractivity contribution < 1.29 is 4.39 Å². The molecule has 1 aromatic carbocycles. The van der Waals surface area contributed by atoms with Gasteiger partial charge in [0.05, 0.1) is 16.3 Å². The predicted octanol–water partition coefficient (Wildman–Crippen LogP) is 3.68. The zero-order chi connectivity index (χ0) is 15.7. The predicted molar refractivity (Wildman–Crippen MR) is 86.7 cm³/mol. The number of halogens is 1. The first-order valence-electron chi connectivity index (χ1n) is 6.62. The largest absolute Gasteiger partial charge is 0.375 e. The maximum absolute atomic E-state index is 13.3. The molecule has 0 fully saturated rings. The Balaban J connectivity index is 1.91. The van der Waals surface area contributed by atoms with Crippen LogP contribution < -0.4 is 11.1 Å². The standard InChI is InChI=1S/C15H14FN5S/c1-8-7-10(3-4-11(8)16)20-15-18-6-5-12(21-15)13-9(2)19-14(17)22-13/h3-7H,1-2H3,(H2,17,19)(H,18,20,21). The van der Waals surface area contributed by atoms with Crippen LogP contribution in [0, 0.1) is 19.7 Å². The third-order valence-corrected chi connectivity index (χ3v) is 4.12. The van der Waals surface area contributed by atoms with Crippen LogP contribution in [0.1, 0.15) is 11.3 Å². The Morgan fingerprint density at radius 3 is 2.68 bits per heavy atom. The maximum atomic E-state index is 13.3. The molecule has 112 valence electrons. The molecule has 0 aliphatic heterocycles. The lowest BCUT2D eigenvalue weighted by Gasteiger charge is -2.07. The van der Waals surface area contributed by atoms with Crippen LogP contribution >= 0.6 is 11.3 Å². The summed E-state index contributed by atoms with van der Waals surface area (Å²) in [4.78, 5) is 13.8. The number of nitrogens with two attached hydrogens (primary N) is 1. The Kier molecular flexibility index (Phi) is 3.72. The summed E-state index contributed by atoms with van der Waals surface area (Å²) >= 11 is 1.39. The second kappa shape index (κ2) is 5.69. The summed E-state index contributed by atoms with van der Waals surface area (Å²) in [7, 11) is 0. The monoisotopic (exact) mass is 315 g/mol. The van der Waals surface area contributed by atoms with E-state index in [9.17, 15) is 4.39 Å². The molecule has 0 amide bonds. The van der Waals surface area contributed by atoms with Crippen LogP contribution in [0.5, 0.6) is 0 Å². The molecule has 0 radical (unpaired) electrons. The highest BCUT2D eigenvalue weighted by molar-refractivity contribution is 7.18. The van der Waals surface area contributed by atoms with E-state index in [2.05, 4.69) is 20.3 Å². The normalized spacial score (nSPS) is 10.7. The van der Waals surface area contributed by atoms with E-state index in [1.807, 2.05) is 6.92 Å². The Morgan fingerprint density at radius 1 is 1.18 bits per heavy atom. The van der Waals surface area contributed by atoms with E-state index in [4.69, 9.17) is 5.73 Å². The molecule has 0 unspecified atom stereocenters. The van der Waals surface area contributed by atoms with Crippen LogP contribution in [0.15, 0.2) is 30.5 Å². The molecule has 0 saturated carbocycles. The molecule has 2 aromatic heterocycles. The average Bonchev–Trinajstić information content (AvgIpc) is 2.82. The third kappa shape index (κ3) is 2.89. The molecule has 0 saturated heterocycles. The number of aryl methyl sites for hydroxylation is 2. The molecule has 0 spiro atoms. The van der Waals surface area contributed by atoms with Crippen LogP contribution in [-0.2, 0) is 0 Å². The molecule has 3 N–H and O–H groups in total. The lowest BCUT2D eigenvalue weighted by Crippen LogP contribution is -1.98. The molecule has 0 atom stereocenters. The highest BCUT2D eigenvalue weighted by atomic mass is 32.1. The van der Waals surface area contributed by atoms with Gasteiger partial charge < -0.3 is 11.1 Å². The number of nitrogen functional groups attached to an aromatic ring is 1. The van der Waals surface area contributed by atoms with Gasteiger partial charge in [-0.05, 0) is 43.7 Å². The van der Waals surface area contributed by atoms with Crippen molar-refractivity contribution in [2.24, 2.45) is 0 Å². The van der Waals surface area contributed by atoms with Crippen molar-refractivity contribution in [2.45, 2.75) is 13.8 Å². The lowest BCUT2D eigenvalue weighted by molar-refractivity contribution is 0.619. The summed E-state index contributed by atoms with van der Waals surface area (Å²) in [6.07, 6.45) is 1.66. The Hall–Kier alpha value is -2.54. The third-order valence-electron chi connectivity index (χ3n) is 3.12. The van der Waals surface area contributed by atoms with Gasteiger partial charge in [0.15, 0.2) is 5.13 Å². The van der Waals surface area contributed by atoms with Gasteiger partial charge in [-0.1, -0.05) is 11.3 Å². The molecular formula is C15H14FN5S. The Bertz CT molecular complexity index is 831. The van der Waals surface area contributed by atoms with E-state index in [-0.39, 0.29) is 5.82 Å². The van der Waals surface area contributed by atoms with Crippen LogP contribution in [-0.4, -0.2) is 15.0 Å². The highest BCUT2D eigenvalue weighted by Gasteiger charge is 2.10. The Morgan fingerprint density at radius 2 is 2.00 bits per heavy atom. The summed E-state index contributed by atoms with van der Waals surface area (Å²) in [5, 5.41) is 3.58. The first-order chi connectivity index (χ1) is 10.5. The molecule has 22 heavy (non-hydrogen) atoms. The first-order valence-corrected chi connectivity index (χ1v) is 7.44. The average molecular weight is 315 g/mol. The zero-order valence-corrected chi connectivity index (χ0v) is 12.9. The topological polar surface area (TPSA) is 76.7 Å². The number of hydrogen-bond donors (Lipinski definition) is 2. The van der Waals surface area contributed by atoms with Crippen molar-refractivity contribution in [1.82, 2.24) is 15.0 Å². The minimum absolute atomic E-state index is 0.240. The second-order valence-electron chi connectivity index (χ2n) is 4.82. The van der Waals surface area contributed by atoms with Crippen molar-refractivity contribution in [3.05, 3.63) is 47.5 Å². The summed E-state index contributed by atoms with van der Waals surface area (Å²) in [6, 6.07) is 6.58. The molecule has 3 aromatic rings. The van der Waals surface area contributed by atoms with E-state index < -0.39 is 0 Å². The fraction of sp³-hybridized carbons (Fsp3) is 0.133. The number of aromatic nitrogens is 3. The van der Waals surface area contributed by atoms with Crippen LogP contribution in [0.3, 0.4) is 0 Å². The number of rotatable bonds is 3. The summed E-state index contributed by atoms with van der Waals surface area (Å²) in [5.74, 6) is 0.200. The van der Waals surface area contributed by atoms with E-state index in [1.54, 1.807) is 31.3 Å². The molecule has 2 heterocycles. The SMILES string of the molecule is Cc1cc(Nc2nccc(-c3sc(N)nc3C)n2)ccc1F. The van der Waals surface area contributed by atoms with E-state index >= 15 is 0 Å². The van der Waals surface area contributed by atoms with Gasteiger partial charge in [-0.15, -0.1) is 0 Å². The Labute approximate surface area is 131 Å². The van der Waals surface area contributed by atoms with Gasteiger partial charge in [-0.25, -0.2) is 19.3 Å². The van der Waals surface area contributed by atoms with Crippen molar-refractivity contribution in [3.8, 4) is 10.6 Å². The number of benzene rings is 1. The number of nitrogens with one attached hydrogen (secondary N) is 1. The molecule has 3 rings (SSSR count). The van der Waals surface area contributed by atoms with Crippen LogP contribution in [0.2, 0.25) is 0 Å². The van der Waals surface area contributed by atoms with E-state index in [0.717, 1.165) is 22.0 Å². The second-order valence-corrected chi connectivity index (χ2v) is 5.85. The van der Waals surface area contributed by atoms with Gasteiger partial charge in [0.2, 0.25) is 5.95 Å². The lowest BCUT2D eigenvalue weighted by atomic mass is 10.2. The minimum atomic E-state index is -0.240. The molecule has 0 aliphatic carbocycles. The maximum Gasteiger partial charge on any atom is 0.227 e. The molecule has 5 nitrogen and oxygen atoms in total. The highest BCUT2D eigenvalue weighted by Crippen LogP contribution is 2.30. The minimum Gasteiger partial charge on any atom is -0.375 e. The number of nitrogens with zero attached hydrogens (tertiary/aromatic N) is 3. The summed E-state index contributed by atoms with van der Waals surface area (Å²) in [6.45, 7) is 3.60. The van der Waals surface area contributed by atoms with Crippen molar-refractivity contribution >= 4 is 28.1 Å². The fourth-order valence-electron chi connectivity index (χ4n) is 2.05. The van der Waals surface area contributed by atoms with Gasteiger partial charge in [0.1, 0.15) is 5.82 Å². The number of thiazole rings is 1. The van der Waals surface area contributed by atoms with Gasteiger partial charge in [-0.2, -0.15) is 0 Å². The molecular weight excluding hydrogens is 301 g/mol. The van der Waals surface area contributed by atoms with Gasteiger partial charge in [-0.3, -0.25) is 0 Å².